The Bertz CT molecular complexity index is 388. The number of ether oxygens (including phenoxy) is 1. The molecule has 1 aromatic rings. The van der Waals surface area contributed by atoms with E-state index in [2.05, 4.69) is 12.6 Å². The van der Waals surface area contributed by atoms with Gasteiger partial charge in [-0.25, -0.2) is 9.18 Å². The van der Waals surface area contributed by atoms with Crippen LogP contribution in [0.4, 0.5) is 4.39 Å². The van der Waals surface area contributed by atoms with Crippen LogP contribution in [0.25, 0.3) is 0 Å². The second-order valence-corrected chi connectivity index (χ2v) is 4.11. The number of carbonyl (C=O) groups is 1. The van der Waals surface area contributed by atoms with Crippen LogP contribution in [0.3, 0.4) is 0 Å². The van der Waals surface area contributed by atoms with E-state index in [1.165, 1.54) is 18.2 Å². The monoisotopic (exact) mass is 226 g/mol. The minimum absolute atomic E-state index is 0.0471. The first-order chi connectivity index (χ1) is 7.16. The van der Waals surface area contributed by atoms with E-state index in [9.17, 15) is 9.18 Å². The molecule has 1 saturated carbocycles. The molecule has 0 spiro atoms. The zero-order valence-corrected chi connectivity index (χ0v) is 8.97. The van der Waals surface area contributed by atoms with Gasteiger partial charge in [0, 0.05) is 4.90 Å². The van der Waals surface area contributed by atoms with E-state index in [-0.39, 0.29) is 11.0 Å². The average molecular weight is 226 g/mol. The zero-order valence-electron chi connectivity index (χ0n) is 8.07. The number of carbonyl (C=O) groups excluding carboxylic acids is 1. The molecule has 2 rings (SSSR count). The van der Waals surface area contributed by atoms with E-state index in [4.69, 9.17) is 4.74 Å². The Balaban J connectivity index is 2.07. The van der Waals surface area contributed by atoms with E-state index >= 15 is 0 Å². The number of rotatable bonds is 2. The number of esters is 1. The Morgan fingerprint density at radius 3 is 2.73 bits per heavy atom. The van der Waals surface area contributed by atoms with Gasteiger partial charge in [0.15, 0.2) is 0 Å². The van der Waals surface area contributed by atoms with Crippen LogP contribution in [-0.2, 0) is 4.74 Å². The number of hydrogen-bond acceptors (Lipinski definition) is 3. The van der Waals surface area contributed by atoms with Crippen molar-refractivity contribution in [2.75, 3.05) is 0 Å². The molecule has 0 aromatic heterocycles. The highest BCUT2D eigenvalue weighted by Crippen LogP contribution is 2.23. The van der Waals surface area contributed by atoms with Gasteiger partial charge in [-0.2, -0.15) is 0 Å². The number of thiol groups is 1. The third-order valence-electron chi connectivity index (χ3n) is 2.51. The van der Waals surface area contributed by atoms with Crippen LogP contribution in [0.1, 0.15) is 29.6 Å². The van der Waals surface area contributed by atoms with Crippen LogP contribution in [0.15, 0.2) is 23.1 Å². The Morgan fingerprint density at radius 1 is 1.47 bits per heavy atom. The van der Waals surface area contributed by atoms with E-state index in [0.29, 0.717) is 5.56 Å². The molecule has 0 radical (unpaired) electrons. The maximum atomic E-state index is 12.9. The molecular weight excluding hydrogens is 215 g/mol. The highest BCUT2D eigenvalue weighted by atomic mass is 32.1. The van der Waals surface area contributed by atoms with Gasteiger partial charge in [-0.15, -0.1) is 12.6 Å². The number of halogens is 1. The first kappa shape index (κ1) is 10.5. The van der Waals surface area contributed by atoms with Crippen molar-refractivity contribution >= 4 is 18.6 Å². The van der Waals surface area contributed by atoms with Crippen molar-refractivity contribution in [2.45, 2.75) is 30.3 Å². The summed E-state index contributed by atoms with van der Waals surface area (Å²) >= 11 is 3.91. The molecule has 1 aliphatic carbocycles. The van der Waals surface area contributed by atoms with Crippen molar-refractivity contribution < 1.29 is 13.9 Å². The van der Waals surface area contributed by atoms with Crippen molar-refractivity contribution in [3.8, 4) is 0 Å². The molecule has 0 unspecified atom stereocenters. The lowest BCUT2D eigenvalue weighted by Gasteiger charge is -2.25. The molecule has 4 heteroatoms. The Kier molecular flexibility index (Phi) is 2.95. The summed E-state index contributed by atoms with van der Waals surface area (Å²) in [5.74, 6) is -0.825. The van der Waals surface area contributed by atoms with Crippen LogP contribution in [0.2, 0.25) is 0 Å². The van der Waals surface area contributed by atoms with Gasteiger partial charge >= 0.3 is 5.97 Å². The summed E-state index contributed by atoms with van der Waals surface area (Å²) in [6.07, 6.45) is 3.02. The van der Waals surface area contributed by atoms with Crippen molar-refractivity contribution in [2.24, 2.45) is 0 Å². The SMILES string of the molecule is O=C(OC1CCC1)c1ccc(F)c(S)c1. The molecule has 0 saturated heterocycles. The van der Waals surface area contributed by atoms with Crippen LogP contribution in [-0.4, -0.2) is 12.1 Å². The molecule has 2 nitrogen and oxygen atoms in total. The maximum absolute atomic E-state index is 12.9. The quantitative estimate of drug-likeness (QED) is 0.620. The van der Waals surface area contributed by atoms with Gasteiger partial charge in [-0.3, -0.25) is 0 Å². The molecule has 0 aliphatic heterocycles. The van der Waals surface area contributed by atoms with Crippen LogP contribution < -0.4 is 0 Å². The largest absolute Gasteiger partial charge is 0.459 e. The topological polar surface area (TPSA) is 26.3 Å². The van der Waals surface area contributed by atoms with Crippen molar-refractivity contribution in [3.63, 3.8) is 0 Å². The van der Waals surface area contributed by atoms with Crippen molar-refractivity contribution in [1.82, 2.24) is 0 Å². The fraction of sp³-hybridized carbons (Fsp3) is 0.364. The standard InChI is InChI=1S/C11H11FO2S/c12-9-5-4-7(6-10(9)15)11(13)14-8-2-1-3-8/h4-6,8,15H,1-3H2. The maximum Gasteiger partial charge on any atom is 0.338 e. The molecule has 0 atom stereocenters. The summed E-state index contributed by atoms with van der Waals surface area (Å²) in [7, 11) is 0. The van der Waals surface area contributed by atoms with Gasteiger partial charge in [0.2, 0.25) is 0 Å². The predicted molar refractivity (Wildman–Crippen MR) is 56.7 cm³/mol. The predicted octanol–water partition coefficient (Wildman–Crippen LogP) is 2.82. The van der Waals surface area contributed by atoms with Gasteiger partial charge in [-0.05, 0) is 37.5 Å². The molecule has 1 aromatic carbocycles. The number of hydrogen-bond donors (Lipinski definition) is 1. The average Bonchev–Trinajstić information content (AvgIpc) is 2.15. The molecule has 1 fully saturated rings. The van der Waals surface area contributed by atoms with Crippen molar-refractivity contribution in [1.29, 1.82) is 0 Å². The lowest BCUT2D eigenvalue weighted by atomic mass is 9.96. The Hall–Kier alpha value is -1.03. The van der Waals surface area contributed by atoms with Gasteiger partial charge in [-0.1, -0.05) is 0 Å². The van der Waals surface area contributed by atoms with Crippen LogP contribution >= 0.6 is 12.6 Å². The Labute approximate surface area is 92.8 Å². The normalized spacial score (nSPS) is 15.9. The summed E-state index contributed by atoms with van der Waals surface area (Å²) < 4.78 is 18.0. The van der Waals surface area contributed by atoms with Crippen LogP contribution in [0, 0.1) is 5.82 Å². The minimum atomic E-state index is -0.432. The van der Waals surface area contributed by atoms with Crippen molar-refractivity contribution in [3.05, 3.63) is 29.6 Å². The molecule has 1 aliphatic rings. The highest BCUT2D eigenvalue weighted by Gasteiger charge is 2.22. The fourth-order valence-electron chi connectivity index (χ4n) is 1.35. The van der Waals surface area contributed by atoms with E-state index in [0.717, 1.165) is 19.3 Å². The second kappa shape index (κ2) is 4.23. The smallest absolute Gasteiger partial charge is 0.338 e. The highest BCUT2D eigenvalue weighted by molar-refractivity contribution is 7.80. The van der Waals surface area contributed by atoms with Gasteiger partial charge in [0.05, 0.1) is 5.56 Å². The molecular formula is C11H11FO2S. The summed E-state index contributed by atoms with van der Waals surface area (Å²) in [6, 6.07) is 4.02. The summed E-state index contributed by atoms with van der Waals surface area (Å²) in [5, 5.41) is 0. The molecule has 15 heavy (non-hydrogen) atoms. The van der Waals surface area contributed by atoms with Gasteiger partial charge in [0.25, 0.3) is 0 Å². The lowest BCUT2D eigenvalue weighted by molar-refractivity contribution is 0.00897. The van der Waals surface area contributed by atoms with Gasteiger partial charge in [0.1, 0.15) is 11.9 Å². The third-order valence-corrected chi connectivity index (χ3v) is 2.85. The number of benzene rings is 1. The molecule has 80 valence electrons. The summed E-state index contributed by atoms with van der Waals surface area (Å²) in [4.78, 5) is 11.7. The molecule has 0 N–H and O–H groups in total. The second-order valence-electron chi connectivity index (χ2n) is 3.62. The first-order valence-electron chi connectivity index (χ1n) is 4.86. The summed E-state index contributed by atoms with van der Waals surface area (Å²) in [6.45, 7) is 0. The van der Waals surface area contributed by atoms with Crippen LogP contribution in [0.5, 0.6) is 0 Å². The molecule has 0 bridgehead atoms. The van der Waals surface area contributed by atoms with Gasteiger partial charge < -0.3 is 4.74 Å². The summed E-state index contributed by atoms with van der Waals surface area (Å²) in [5.41, 5.74) is 0.355. The van der Waals surface area contributed by atoms with E-state index < -0.39 is 11.8 Å². The zero-order chi connectivity index (χ0) is 10.8. The first-order valence-corrected chi connectivity index (χ1v) is 5.31. The van der Waals surface area contributed by atoms with E-state index in [1.54, 1.807) is 0 Å². The molecule has 0 heterocycles. The minimum Gasteiger partial charge on any atom is -0.459 e. The Morgan fingerprint density at radius 2 is 2.20 bits per heavy atom. The fourth-order valence-corrected chi connectivity index (χ4v) is 1.56. The molecule has 0 amide bonds. The van der Waals surface area contributed by atoms with E-state index in [1.807, 2.05) is 0 Å². The lowest BCUT2D eigenvalue weighted by Crippen LogP contribution is -2.25. The third kappa shape index (κ3) is 2.31.